The number of H-pyrrole nitrogens is 1. The molecule has 102 valence electrons. The van der Waals surface area contributed by atoms with Crippen LogP contribution in [0.5, 0.6) is 0 Å². The Kier molecular flexibility index (Phi) is 3.84. The monoisotopic (exact) mass is 264 g/mol. The van der Waals surface area contributed by atoms with Crippen molar-refractivity contribution < 1.29 is 0 Å². The fourth-order valence-corrected chi connectivity index (χ4v) is 2.62. The van der Waals surface area contributed by atoms with E-state index in [1.165, 1.54) is 22.0 Å². The summed E-state index contributed by atoms with van der Waals surface area (Å²) >= 11 is 0. The van der Waals surface area contributed by atoms with E-state index in [0.717, 1.165) is 19.6 Å². The average molecular weight is 264 g/mol. The van der Waals surface area contributed by atoms with Crippen LogP contribution in [0.4, 0.5) is 0 Å². The predicted octanol–water partition coefficient (Wildman–Crippen LogP) is 4.19. The first-order chi connectivity index (χ1) is 9.86. The molecular formula is C18H20N2. The van der Waals surface area contributed by atoms with Gasteiger partial charge in [-0.15, -0.1) is 0 Å². The maximum Gasteiger partial charge on any atom is 0.0457 e. The van der Waals surface area contributed by atoms with Crippen molar-refractivity contribution in [2.75, 3.05) is 6.54 Å². The maximum absolute atomic E-state index is 3.35. The lowest BCUT2D eigenvalue weighted by atomic mass is 10.1. The number of nitrogens with one attached hydrogen (secondary N) is 1. The lowest BCUT2D eigenvalue weighted by molar-refractivity contribution is 0.272. The summed E-state index contributed by atoms with van der Waals surface area (Å²) in [5.41, 5.74) is 3.96. The lowest BCUT2D eigenvalue weighted by Gasteiger charge is -2.20. The van der Waals surface area contributed by atoms with Crippen LogP contribution in [0.1, 0.15) is 18.1 Å². The van der Waals surface area contributed by atoms with Crippen molar-refractivity contribution >= 4 is 10.9 Å². The van der Waals surface area contributed by atoms with Crippen LogP contribution in [0.3, 0.4) is 0 Å². The molecule has 0 unspecified atom stereocenters. The molecule has 0 aliphatic heterocycles. The standard InChI is InChI=1S/C18H20N2/c1-2-20(13-15-8-4-3-5-9-15)14-16-12-19-18-11-7-6-10-17(16)18/h3-12,19H,2,13-14H2,1H3. The van der Waals surface area contributed by atoms with Crippen molar-refractivity contribution in [2.24, 2.45) is 0 Å². The number of hydrogen-bond donors (Lipinski definition) is 1. The van der Waals surface area contributed by atoms with E-state index >= 15 is 0 Å². The zero-order chi connectivity index (χ0) is 13.8. The summed E-state index contributed by atoms with van der Waals surface area (Å²) in [5.74, 6) is 0. The van der Waals surface area contributed by atoms with Gasteiger partial charge in [-0.25, -0.2) is 0 Å². The molecule has 0 aliphatic rings. The van der Waals surface area contributed by atoms with Gasteiger partial charge in [0, 0.05) is 30.2 Å². The fourth-order valence-electron chi connectivity index (χ4n) is 2.62. The van der Waals surface area contributed by atoms with E-state index in [4.69, 9.17) is 0 Å². The van der Waals surface area contributed by atoms with Gasteiger partial charge in [0.05, 0.1) is 0 Å². The zero-order valence-electron chi connectivity index (χ0n) is 11.8. The molecule has 20 heavy (non-hydrogen) atoms. The third-order valence-corrected chi connectivity index (χ3v) is 3.77. The van der Waals surface area contributed by atoms with E-state index < -0.39 is 0 Å². The minimum absolute atomic E-state index is 0.982. The first kappa shape index (κ1) is 12.9. The first-order valence-corrected chi connectivity index (χ1v) is 7.18. The molecule has 0 amide bonds. The molecule has 2 aromatic carbocycles. The molecule has 0 saturated carbocycles. The number of aromatic amines is 1. The molecule has 2 heteroatoms. The van der Waals surface area contributed by atoms with E-state index in [1.807, 2.05) is 0 Å². The Morgan fingerprint density at radius 3 is 2.45 bits per heavy atom. The summed E-state index contributed by atoms with van der Waals surface area (Å²) in [4.78, 5) is 5.82. The summed E-state index contributed by atoms with van der Waals surface area (Å²) in [5, 5.41) is 1.33. The molecule has 0 fully saturated rings. The third kappa shape index (κ3) is 2.75. The van der Waals surface area contributed by atoms with Crippen molar-refractivity contribution in [1.29, 1.82) is 0 Å². The molecule has 1 aromatic heterocycles. The van der Waals surface area contributed by atoms with Crippen molar-refractivity contribution in [3.63, 3.8) is 0 Å². The van der Waals surface area contributed by atoms with E-state index in [1.54, 1.807) is 0 Å². The molecule has 1 heterocycles. The van der Waals surface area contributed by atoms with E-state index in [0.29, 0.717) is 0 Å². The Bertz CT molecular complexity index is 670. The molecular weight excluding hydrogens is 244 g/mol. The zero-order valence-corrected chi connectivity index (χ0v) is 11.8. The van der Waals surface area contributed by atoms with E-state index in [9.17, 15) is 0 Å². The smallest absolute Gasteiger partial charge is 0.0457 e. The second-order valence-corrected chi connectivity index (χ2v) is 5.15. The topological polar surface area (TPSA) is 19.0 Å². The van der Waals surface area contributed by atoms with Crippen LogP contribution in [0.2, 0.25) is 0 Å². The van der Waals surface area contributed by atoms with E-state index in [2.05, 4.69) is 77.6 Å². The predicted molar refractivity (Wildman–Crippen MR) is 84.5 cm³/mol. The molecule has 0 bridgehead atoms. The summed E-state index contributed by atoms with van der Waals surface area (Å²) in [7, 11) is 0. The minimum atomic E-state index is 0.982. The number of hydrogen-bond acceptors (Lipinski definition) is 1. The van der Waals surface area contributed by atoms with Crippen LogP contribution in [0.15, 0.2) is 60.8 Å². The molecule has 0 spiro atoms. The molecule has 3 rings (SSSR count). The lowest BCUT2D eigenvalue weighted by Crippen LogP contribution is -2.22. The van der Waals surface area contributed by atoms with Gasteiger partial charge >= 0.3 is 0 Å². The summed E-state index contributed by atoms with van der Waals surface area (Å²) in [6.07, 6.45) is 2.14. The Labute approximate surface area is 120 Å². The SMILES string of the molecule is CCN(Cc1ccccc1)Cc1c[nH]c2ccccc12. The molecule has 1 N–H and O–H groups in total. The molecule has 0 saturated heterocycles. The maximum atomic E-state index is 3.35. The van der Waals surface area contributed by atoms with Gasteiger partial charge in [0.15, 0.2) is 0 Å². The quantitative estimate of drug-likeness (QED) is 0.732. The Hall–Kier alpha value is -2.06. The van der Waals surface area contributed by atoms with Crippen molar-refractivity contribution in [2.45, 2.75) is 20.0 Å². The summed E-state index contributed by atoms with van der Waals surface area (Å²) in [6, 6.07) is 19.2. The number of para-hydroxylation sites is 1. The van der Waals surface area contributed by atoms with Crippen LogP contribution in [-0.2, 0) is 13.1 Å². The second-order valence-electron chi connectivity index (χ2n) is 5.15. The van der Waals surface area contributed by atoms with Gasteiger partial charge < -0.3 is 4.98 Å². The van der Waals surface area contributed by atoms with Crippen LogP contribution in [-0.4, -0.2) is 16.4 Å². The van der Waals surface area contributed by atoms with Gasteiger partial charge in [-0.1, -0.05) is 55.5 Å². The number of aromatic nitrogens is 1. The Morgan fingerprint density at radius 2 is 1.65 bits per heavy atom. The van der Waals surface area contributed by atoms with Gasteiger partial charge in [-0.2, -0.15) is 0 Å². The molecule has 0 aliphatic carbocycles. The number of rotatable bonds is 5. The molecule has 0 radical (unpaired) electrons. The highest BCUT2D eigenvalue weighted by Gasteiger charge is 2.08. The molecule has 3 aromatic rings. The molecule has 0 atom stereocenters. The van der Waals surface area contributed by atoms with Crippen LogP contribution < -0.4 is 0 Å². The average Bonchev–Trinajstić information content (AvgIpc) is 2.91. The van der Waals surface area contributed by atoms with Crippen molar-refractivity contribution in [3.05, 3.63) is 71.9 Å². The van der Waals surface area contributed by atoms with Gasteiger partial charge in [0.25, 0.3) is 0 Å². The van der Waals surface area contributed by atoms with Gasteiger partial charge in [-0.05, 0) is 23.7 Å². The highest BCUT2D eigenvalue weighted by molar-refractivity contribution is 5.82. The second kappa shape index (κ2) is 5.93. The Morgan fingerprint density at radius 1 is 0.900 bits per heavy atom. The number of benzene rings is 2. The minimum Gasteiger partial charge on any atom is -0.361 e. The van der Waals surface area contributed by atoms with Gasteiger partial charge in [0.1, 0.15) is 0 Å². The summed E-state index contributed by atoms with van der Waals surface area (Å²) < 4.78 is 0. The number of fused-ring (bicyclic) bond motifs is 1. The van der Waals surface area contributed by atoms with E-state index in [-0.39, 0.29) is 0 Å². The third-order valence-electron chi connectivity index (χ3n) is 3.77. The number of nitrogens with zero attached hydrogens (tertiary/aromatic N) is 1. The highest BCUT2D eigenvalue weighted by atomic mass is 15.1. The fraction of sp³-hybridized carbons (Fsp3) is 0.222. The van der Waals surface area contributed by atoms with Crippen LogP contribution in [0.25, 0.3) is 10.9 Å². The highest BCUT2D eigenvalue weighted by Crippen LogP contribution is 2.20. The van der Waals surface area contributed by atoms with Crippen molar-refractivity contribution in [3.8, 4) is 0 Å². The molecule has 2 nitrogen and oxygen atoms in total. The first-order valence-electron chi connectivity index (χ1n) is 7.18. The van der Waals surface area contributed by atoms with Gasteiger partial charge in [0.2, 0.25) is 0 Å². The van der Waals surface area contributed by atoms with Crippen LogP contribution >= 0.6 is 0 Å². The van der Waals surface area contributed by atoms with Crippen LogP contribution in [0, 0.1) is 0 Å². The normalized spacial score (nSPS) is 11.3. The summed E-state index contributed by atoms with van der Waals surface area (Å²) in [6.45, 7) is 5.25. The Balaban J connectivity index is 1.78. The van der Waals surface area contributed by atoms with Crippen molar-refractivity contribution in [1.82, 2.24) is 9.88 Å². The van der Waals surface area contributed by atoms with Gasteiger partial charge in [-0.3, -0.25) is 4.90 Å². The largest absolute Gasteiger partial charge is 0.361 e.